The highest BCUT2D eigenvalue weighted by molar-refractivity contribution is 5.81. The van der Waals surface area contributed by atoms with Gasteiger partial charge in [-0.3, -0.25) is 15.3 Å². The lowest BCUT2D eigenvalue weighted by Crippen LogP contribution is -2.61. The van der Waals surface area contributed by atoms with E-state index in [4.69, 9.17) is 11.3 Å². The maximum Gasteiger partial charge on any atom is 0.114 e. The highest BCUT2D eigenvalue weighted by Crippen LogP contribution is 2.15. The second-order valence-electron chi connectivity index (χ2n) is 4.23. The summed E-state index contributed by atoms with van der Waals surface area (Å²) < 4.78 is 0. The van der Waals surface area contributed by atoms with Gasteiger partial charge in [-0.2, -0.15) is 0 Å². The zero-order valence-corrected chi connectivity index (χ0v) is 9.11. The van der Waals surface area contributed by atoms with Crippen LogP contribution in [0.25, 0.3) is 0 Å². The number of amidine groups is 1. The van der Waals surface area contributed by atoms with E-state index in [1.54, 1.807) is 5.01 Å². The van der Waals surface area contributed by atoms with Crippen molar-refractivity contribution in [2.75, 3.05) is 26.7 Å². The number of nitrogens with zero attached hydrogens (tertiary/aromatic N) is 2. The number of hydrogen-bond donors (Lipinski definition) is 3. The molecule has 84 valence electrons. The minimum Gasteiger partial charge on any atom is -0.314 e. The number of nitrogens with one attached hydrogen (secondary N) is 2. The topological polar surface area (TPSA) is 68.4 Å². The highest BCUT2D eigenvalue weighted by Gasteiger charge is 2.31. The molecule has 0 aromatic heterocycles. The van der Waals surface area contributed by atoms with E-state index in [2.05, 4.69) is 23.3 Å². The van der Waals surface area contributed by atoms with Crippen molar-refractivity contribution in [2.24, 2.45) is 5.84 Å². The first kappa shape index (κ1) is 10.6. The van der Waals surface area contributed by atoms with Crippen molar-refractivity contribution in [3.63, 3.8) is 0 Å². The van der Waals surface area contributed by atoms with Gasteiger partial charge in [-0.1, -0.05) is 12.2 Å². The van der Waals surface area contributed by atoms with Crippen LogP contribution in [0.15, 0.2) is 12.2 Å². The summed E-state index contributed by atoms with van der Waals surface area (Å²) in [6.45, 7) is 3.01. The predicted octanol–water partition coefficient (Wildman–Crippen LogP) is -0.629. The average molecular weight is 209 g/mol. The Hall–Kier alpha value is -0.910. The number of hydrazine groups is 1. The molecule has 0 aromatic carbocycles. The van der Waals surface area contributed by atoms with E-state index in [0.29, 0.717) is 18.3 Å². The standard InChI is InChI=1S/C10H19N5/c1-14-6-5-13-7-9(14)8-3-2-4-10(11)15(8)12/h2-3,8-9,11,13H,4-7,12H2,1H3. The molecule has 0 saturated carbocycles. The van der Waals surface area contributed by atoms with Crippen LogP contribution in [-0.2, 0) is 0 Å². The van der Waals surface area contributed by atoms with Crippen LogP contribution in [0.5, 0.6) is 0 Å². The van der Waals surface area contributed by atoms with Gasteiger partial charge in [-0.15, -0.1) is 0 Å². The quantitative estimate of drug-likeness (QED) is 0.397. The maximum absolute atomic E-state index is 7.72. The molecule has 0 spiro atoms. The summed E-state index contributed by atoms with van der Waals surface area (Å²) in [5, 5.41) is 12.7. The van der Waals surface area contributed by atoms with Crippen molar-refractivity contribution in [1.29, 1.82) is 5.41 Å². The van der Waals surface area contributed by atoms with Crippen molar-refractivity contribution in [3.05, 3.63) is 12.2 Å². The molecular weight excluding hydrogens is 190 g/mol. The summed E-state index contributed by atoms with van der Waals surface area (Å²) in [5.41, 5.74) is 0. The minimum atomic E-state index is 0.129. The first-order chi connectivity index (χ1) is 7.20. The molecule has 2 aliphatic heterocycles. The Morgan fingerprint density at radius 3 is 3.13 bits per heavy atom. The summed E-state index contributed by atoms with van der Waals surface area (Å²) >= 11 is 0. The van der Waals surface area contributed by atoms with Crippen LogP contribution in [0.2, 0.25) is 0 Å². The molecule has 1 fully saturated rings. The van der Waals surface area contributed by atoms with E-state index in [1.165, 1.54) is 0 Å². The summed E-state index contributed by atoms with van der Waals surface area (Å²) in [6.07, 6.45) is 4.81. The first-order valence-corrected chi connectivity index (χ1v) is 5.39. The molecular formula is C10H19N5. The SMILES string of the molecule is CN1CCNCC1C1C=CCC(=N)N1N. The Morgan fingerprint density at radius 2 is 2.40 bits per heavy atom. The molecule has 2 unspecified atom stereocenters. The number of piperazine rings is 1. The molecule has 2 heterocycles. The van der Waals surface area contributed by atoms with E-state index < -0.39 is 0 Å². The lowest BCUT2D eigenvalue weighted by atomic mass is 10.0. The van der Waals surface area contributed by atoms with Crippen molar-refractivity contribution in [2.45, 2.75) is 18.5 Å². The highest BCUT2D eigenvalue weighted by atomic mass is 15.5. The molecule has 0 aromatic rings. The maximum atomic E-state index is 7.72. The van der Waals surface area contributed by atoms with Crippen LogP contribution in [-0.4, -0.2) is 54.5 Å². The Morgan fingerprint density at radius 1 is 1.60 bits per heavy atom. The largest absolute Gasteiger partial charge is 0.314 e. The second kappa shape index (κ2) is 4.30. The second-order valence-corrected chi connectivity index (χ2v) is 4.23. The number of nitrogens with two attached hydrogens (primary N) is 1. The van der Waals surface area contributed by atoms with Crippen LogP contribution in [0.4, 0.5) is 0 Å². The Kier molecular flexibility index (Phi) is 3.04. The van der Waals surface area contributed by atoms with E-state index in [9.17, 15) is 0 Å². The average Bonchev–Trinajstić information content (AvgIpc) is 2.23. The van der Waals surface area contributed by atoms with Gasteiger partial charge in [0.15, 0.2) is 0 Å². The summed E-state index contributed by atoms with van der Waals surface area (Å²) in [4.78, 5) is 2.31. The van der Waals surface area contributed by atoms with Gasteiger partial charge in [0.1, 0.15) is 5.84 Å². The van der Waals surface area contributed by atoms with E-state index >= 15 is 0 Å². The molecule has 1 saturated heterocycles. The third-order valence-electron chi connectivity index (χ3n) is 3.23. The predicted molar refractivity (Wildman–Crippen MR) is 60.6 cm³/mol. The normalized spacial score (nSPS) is 33.5. The Bertz CT molecular complexity index is 275. The molecule has 4 N–H and O–H groups in total. The van der Waals surface area contributed by atoms with Gasteiger partial charge >= 0.3 is 0 Å². The van der Waals surface area contributed by atoms with Gasteiger partial charge in [-0.25, -0.2) is 5.84 Å². The van der Waals surface area contributed by atoms with Gasteiger partial charge in [0.05, 0.1) is 6.04 Å². The third kappa shape index (κ3) is 2.04. The molecule has 2 aliphatic rings. The van der Waals surface area contributed by atoms with Gasteiger partial charge in [0.2, 0.25) is 0 Å². The van der Waals surface area contributed by atoms with Crippen molar-refractivity contribution >= 4 is 5.84 Å². The Balaban J connectivity index is 2.11. The first-order valence-electron chi connectivity index (χ1n) is 5.39. The lowest BCUT2D eigenvalue weighted by molar-refractivity contribution is 0.135. The summed E-state index contributed by atoms with van der Waals surface area (Å²) in [5.74, 6) is 6.42. The number of likely N-dealkylation sites (N-methyl/N-ethyl adjacent to an activating group) is 1. The fraction of sp³-hybridized carbons (Fsp3) is 0.700. The smallest absolute Gasteiger partial charge is 0.114 e. The fourth-order valence-electron chi connectivity index (χ4n) is 2.22. The van der Waals surface area contributed by atoms with E-state index in [1.807, 2.05) is 6.08 Å². The third-order valence-corrected chi connectivity index (χ3v) is 3.23. The van der Waals surface area contributed by atoms with Gasteiger partial charge in [-0.05, 0) is 7.05 Å². The molecule has 2 rings (SSSR count). The van der Waals surface area contributed by atoms with Crippen LogP contribution < -0.4 is 11.2 Å². The zero-order chi connectivity index (χ0) is 10.8. The molecule has 0 aliphatic carbocycles. The Labute approximate surface area is 90.4 Å². The van der Waals surface area contributed by atoms with Crippen molar-refractivity contribution < 1.29 is 0 Å². The fourth-order valence-corrected chi connectivity index (χ4v) is 2.22. The molecule has 5 nitrogen and oxygen atoms in total. The van der Waals surface area contributed by atoms with Gasteiger partial charge in [0.25, 0.3) is 0 Å². The van der Waals surface area contributed by atoms with Crippen molar-refractivity contribution in [1.82, 2.24) is 15.2 Å². The number of hydrogen-bond acceptors (Lipinski definition) is 4. The number of rotatable bonds is 1. The van der Waals surface area contributed by atoms with Crippen LogP contribution >= 0.6 is 0 Å². The minimum absolute atomic E-state index is 0.129. The van der Waals surface area contributed by atoms with Crippen molar-refractivity contribution in [3.8, 4) is 0 Å². The van der Waals surface area contributed by atoms with Crippen LogP contribution in [0.1, 0.15) is 6.42 Å². The van der Waals surface area contributed by atoms with Crippen LogP contribution in [0.3, 0.4) is 0 Å². The summed E-state index contributed by atoms with van der Waals surface area (Å²) in [7, 11) is 2.12. The van der Waals surface area contributed by atoms with Gasteiger partial charge in [0, 0.05) is 32.1 Å². The van der Waals surface area contributed by atoms with Gasteiger partial charge < -0.3 is 5.32 Å². The monoisotopic (exact) mass is 209 g/mol. The lowest BCUT2D eigenvalue weighted by Gasteiger charge is -2.42. The molecule has 0 amide bonds. The van der Waals surface area contributed by atoms with E-state index in [-0.39, 0.29) is 6.04 Å². The molecule has 0 bridgehead atoms. The molecule has 0 radical (unpaired) electrons. The summed E-state index contributed by atoms with van der Waals surface area (Å²) in [6, 6.07) is 0.490. The molecule has 5 heteroatoms. The molecule has 15 heavy (non-hydrogen) atoms. The zero-order valence-electron chi connectivity index (χ0n) is 9.11. The molecule has 2 atom stereocenters. The van der Waals surface area contributed by atoms with Crippen LogP contribution in [0, 0.1) is 5.41 Å². The van der Waals surface area contributed by atoms with E-state index in [0.717, 1.165) is 19.6 Å².